The lowest BCUT2D eigenvalue weighted by Gasteiger charge is -2.12. The first-order valence-electron chi connectivity index (χ1n) is 8.90. The van der Waals surface area contributed by atoms with Crippen molar-refractivity contribution in [2.45, 2.75) is 16.3 Å². The fraction of sp³-hybridized carbons (Fsp3) is 0.130. The number of rotatable bonds is 7. The third-order valence-electron chi connectivity index (χ3n) is 4.22. The molecule has 0 heterocycles. The summed E-state index contributed by atoms with van der Waals surface area (Å²) in [5, 5.41) is 12.3. The summed E-state index contributed by atoms with van der Waals surface area (Å²) in [4.78, 5) is 14.4. The largest absolute Gasteiger partial charge is 0.497 e. The summed E-state index contributed by atoms with van der Waals surface area (Å²) in [6, 6.07) is 22.4. The van der Waals surface area contributed by atoms with Gasteiger partial charge in [-0.25, -0.2) is 0 Å². The highest BCUT2D eigenvalue weighted by Crippen LogP contribution is 2.32. The van der Waals surface area contributed by atoms with Crippen molar-refractivity contribution in [3.63, 3.8) is 0 Å². The summed E-state index contributed by atoms with van der Waals surface area (Å²) in [7, 11) is 3.17. The van der Waals surface area contributed by atoms with Gasteiger partial charge in [0.25, 0.3) is 5.91 Å². The Morgan fingerprint density at radius 2 is 1.59 bits per heavy atom. The molecule has 0 aromatic heterocycles. The second-order valence-electron chi connectivity index (χ2n) is 6.11. The minimum Gasteiger partial charge on any atom is -0.497 e. The number of carbonyl (C=O) groups is 1. The number of benzene rings is 3. The van der Waals surface area contributed by atoms with Gasteiger partial charge in [0, 0.05) is 22.4 Å². The van der Waals surface area contributed by atoms with E-state index in [2.05, 4.69) is 11.4 Å². The van der Waals surface area contributed by atoms with E-state index in [0.717, 1.165) is 15.4 Å². The van der Waals surface area contributed by atoms with Crippen LogP contribution in [0.15, 0.2) is 76.5 Å². The Balaban J connectivity index is 1.78. The lowest BCUT2D eigenvalue weighted by atomic mass is 10.1. The summed E-state index contributed by atoms with van der Waals surface area (Å²) < 4.78 is 10.5. The molecule has 3 aromatic carbocycles. The molecule has 1 amide bonds. The molecule has 0 radical (unpaired) electrons. The molecule has 0 aliphatic carbocycles. The number of nitriles is 1. The van der Waals surface area contributed by atoms with Crippen LogP contribution in [0.3, 0.4) is 0 Å². The number of nitrogens with one attached hydrogen (secondary N) is 1. The van der Waals surface area contributed by atoms with Crippen LogP contribution in [0.25, 0.3) is 0 Å². The van der Waals surface area contributed by atoms with E-state index < -0.39 is 0 Å². The smallest absolute Gasteiger partial charge is 0.252 e. The summed E-state index contributed by atoms with van der Waals surface area (Å²) in [5.74, 6) is 1.14. The molecule has 0 atom stereocenters. The van der Waals surface area contributed by atoms with Gasteiger partial charge in [0.05, 0.1) is 25.3 Å². The van der Waals surface area contributed by atoms with Gasteiger partial charge in [-0.2, -0.15) is 5.26 Å². The van der Waals surface area contributed by atoms with Gasteiger partial charge in [0.1, 0.15) is 17.6 Å². The number of nitrogens with zero attached hydrogens (tertiary/aromatic N) is 1. The standard InChI is InChI=1S/C23H20N2O3S/c1-27-18-11-16(12-19(13-18)28-2)15-25-23(26)20-8-4-6-10-22(20)29-21-9-5-3-7-17(21)14-24/h3-13H,15H2,1-2H3,(H,25,26). The lowest BCUT2D eigenvalue weighted by Crippen LogP contribution is -2.23. The monoisotopic (exact) mass is 404 g/mol. The number of amides is 1. The van der Waals surface area contributed by atoms with Crippen LogP contribution in [0.1, 0.15) is 21.5 Å². The van der Waals surface area contributed by atoms with E-state index in [9.17, 15) is 10.1 Å². The fourth-order valence-electron chi connectivity index (χ4n) is 2.76. The van der Waals surface area contributed by atoms with Crippen LogP contribution in [0.2, 0.25) is 0 Å². The van der Waals surface area contributed by atoms with Crippen LogP contribution < -0.4 is 14.8 Å². The molecule has 5 nitrogen and oxygen atoms in total. The topological polar surface area (TPSA) is 71.3 Å². The van der Waals surface area contributed by atoms with Crippen molar-refractivity contribution < 1.29 is 14.3 Å². The Labute approximate surface area is 174 Å². The Morgan fingerprint density at radius 3 is 2.24 bits per heavy atom. The maximum absolute atomic E-state index is 12.8. The van der Waals surface area contributed by atoms with Gasteiger partial charge in [-0.3, -0.25) is 4.79 Å². The van der Waals surface area contributed by atoms with Crippen molar-refractivity contribution in [2.75, 3.05) is 14.2 Å². The third kappa shape index (κ3) is 5.09. The van der Waals surface area contributed by atoms with Gasteiger partial charge in [-0.15, -0.1) is 0 Å². The Kier molecular flexibility index (Phi) is 6.77. The van der Waals surface area contributed by atoms with Crippen molar-refractivity contribution in [3.05, 3.63) is 83.4 Å². The molecular formula is C23H20N2O3S. The van der Waals surface area contributed by atoms with Crippen molar-refractivity contribution in [2.24, 2.45) is 0 Å². The first-order chi connectivity index (χ1) is 14.1. The number of hydrogen-bond donors (Lipinski definition) is 1. The van der Waals surface area contributed by atoms with Gasteiger partial charge < -0.3 is 14.8 Å². The molecule has 0 aliphatic rings. The van der Waals surface area contributed by atoms with E-state index >= 15 is 0 Å². The molecule has 0 fully saturated rings. The van der Waals surface area contributed by atoms with E-state index in [4.69, 9.17) is 9.47 Å². The summed E-state index contributed by atoms with van der Waals surface area (Å²) in [6.45, 7) is 0.334. The van der Waals surface area contributed by atoms with Crippen molar-refractivity contribution >= 4 is 17.7 Å². The van der Waals surface area contributed by atoms with Crippen LogP contribution in [-0.2, 0) is 6.54 Å². The van der Waals surface area contributed by atoms with Crippen molar-refractivity contribution in [3.8, 4) is 17.6 Å². The minimum atomic E-state index is -0.190. The molecule has 0 aliphatic heterocycles. The Hall–Kier alpha value is -3.43. The SMILES string of the molecule is COc1cc(CNC(=O)c2ccccc2Sc2ccccc2C#N)cc(OC)c1. The number of hydrogen-bond acceptors (Lipinski definition) is 5. The van der Waals surface area contributed by atoms with Crippen LogP contribution in [0.5, 0.6) is 11.5 Å². The maximum Gasteiger partial charge on any atom is 0.252 e. The maximum atomic E-state index is 12.8. The molecule has 0 spiro atoms. The summed E-state index contributed by atoms with van der Waals surface area (Å²) in [6.07, 6.45) is 0. The predicted octanol–water partition coefficient (Wildman–Crippen LogP) is 4.66. The molecule has 3 rings (SSSR count). The Morgan fingerprint density at radius 1 is 0.966 bits per heavy atom. The molecule has 3 aromatic rings. The third-order valence-corrected chi connectivity index (χ3v) is 5.38. The van der Waals surface area contributed by atoms with Crippen molar-refractivity contribution in [1.82, 2.24) is 5.32 Å². The molecule has 0 saturated carbocycles. The highest BCUT2D eigenvalue weighted by Gasteiger charge is 2.14. The average molecular weight is 404 g/mol. The zero-order valence-electron chi connectivity index (χ0n) is 16.1. The van der Waals surface area contributed by atoms with E-state index in [-0.39, 0.29) is 5.91 Å². The van der Waals surface area contributed by atoms with Crippen LogP contribution in [-0.4, -0.2) is 20.1 Å². The molecule has 1 N–H and O–H groups in total. The summed E-state index contributed by atoms with van der Waals surface area (Å²) in [5.41, 5.74) is 2.01. The molecule has 6 heteroatoms. The van der Waals surface area contributed by atoms with Crippen molar-refractivity contribution in [1.29, 1.82) is 5.26 Å². The number of methoxy groups -OCH3 is 2. The molecule has 0 bridgehead atoms. The van der Waals surface area contributed by atoms with Crippen LogP contribution >= 0.6 is 11.8 Å². The highest BCUT2D eigenvalue weighted by atomic mass is 32.2. The number of carbonyl (C=O) groups excluding carboxylic acids is 1. The van der Waals surface area contributed by atoms with E-state index in [1.54, 1.807) is 32.4 Å². The van der Waals surface area contributed by atoms with Gasteiger partial charge in [-0.05, 0) is 42.0 Å². The zero-order valence-corrected chi connectivity index (χ0v) is 17.0. The van der Waals surface area contributed by atoms with Crippen LogP contribution in [0, 0.1) is 11.3 Å². The zero-order chi connectivity index (χ0) is 20.6. The minimum absolute atomic E-state index is 0.190. The molecule has 29 heavy (non-hydrogen) atoms. The van der Waals surface area contributed by atoms with Crippen LogP contribution in [0.4, 0.5) is 0 Å². The fourth-order valence-corrected chi connectivity index (χ4v) is 3.78. The van der Waals surface area contributed by atoms with E-state index in [1.165, 1.54) is 11.8 Å². The molecule has 0 unspecified atom stereocenters. The Bertz CT molecular complexity index is 1040. The lowest BCUT2D eigenvalue weighted by molar-refractivity contribution is 0.0948. The number of ether oxygens (including phenoxy) is 2. The predicted molar refractivity (Wildman–Crippen MR) is 112 cm³/mol. The average Bonchev–Trinajstić information content (AvgIpc) is 2.77. The second kappa shape index (κ2) is 9.67. The van der Waals surface area contributed by atoms with Gasteiger partial charge in [0.2, 0.25) is 0 Å². The first-order valence-corrected chi connectivity index (χ1v) is 9.72. The van der Waals surface area contributed by atoms with Gasteiger partial charge >= 0.3 is 0 Å². The summed E-state index contributed by atoms with van der Waals surface area (Å²) >= 11 is 1.40. The second-order valence-corrected chi connectivity index (χ2v) is 7.19. The van der Waals surface area contributed by atoms with E-state index in [0.29, 0.717) is 29.2 Å². The molecular weight excluding hydrogens is 384 g/mol. The highest BCUT2D eigenvalue weighted by molar-refractivity contribution is 7.99. The molecule has 146 valence electrons. The van der Waals surface area contributed by atoms with Gasteiger partial charge in [0.15, 0.2) is 0 Å². The van der Waals surface area contributed by atoms with Gasteiger partial charge in [-0.1, -0.05) is 36.0 Å². The van der Waals surface area contributed by atoms with E-state index in [1.807, 2.05) is 48.5 Å². The molecule has 0 saturated heterocycles. The normalized spacial score (nSPS) is 10.1. The first kappa shape index (κ1) is 20.3. The quantitative estimate of drug-likeness (QED) is 0.620.